The van der Waals surface area contributed by atoms with Gasteiger partial charge in [-0.25, -0.2) is 9.97 Å². The summed E-state index contributed by atoms with van der Waals surface area (Å²) in [6, 6.07) is 20.7. The van der Waals surface area contributed by atoms with Crippen molar-refractivity contribution in [2.45, 2.75) is 6.92 Å². The summed E-state index contributed by atoms with van der Waals surface area (Å²) in [7, 11) is 0. The molecule has 0 fully saturated rings. The van der Waals surface area contributed by atoms with Crippen LogP contribution in [0.3, 0.4) is 0 Å². The third-order valence-electron chi connectivity index (χ3n) is 5.38. The van der Waals surface area contributed by atoms with Crippen molar-refractivity contribution in [3.8, 4) is 0 Å². The molecule has 0 spiro atoms. The average Bonchev–Trinajstić information content (AvgIpc) is 3.11. The summed E-state index contributed by atoms with van der Waals surface area (Å²) < 4.78 is 1.32. The van der Waals surface area contributed by atoms with Crippen LogP contribution in [-0.4, -0.2) is 31.7 Å². The molecule has 0 unspecified atom stereocenters. The van der Waals surface area contributed by atoms with Gasteiger partial charge in [0.05, 0.1) is 22.2 Å². The lowest BCUT2D eigenvalue weighted by molar-refractivity contribution is -0.384. The molecule has 3 N–H and O–H groups in total. The maximum absolute atomic E-state index is 13.3. The molecule has 0 atom stereocenters. The van der Waals surface area contributed by atoms with Gasteiger partial charge in [0, 0.05) is 23.4 Å². The quantitative estimate of drug-likeness (QED) is 0.222. The number of carbonyl (C=O) groups is 1. The second-order valence-electron chi connectivity index (χ2n) is 7.88. The molecule has 10 nitrogen and oxygen atoms in total. The maximum Gasteiger partial charge on any atom is 0.270 e. The van der Waals surface area contributed by atoms with Crippen LogP contribution in [-0.2, 0) is 0 Å². The number of nitrogens with zero attached hydrogens (tertiary/aromatic N) is 5. The number of anilines is 2. The smallest absolute Gasteiger partial charge is 0.270 e. The minimum atomic E-state index is -0.484. The van der Waals surface area contributed by atoms with E-state index in [9.17, 15) is 14.9 Å². The number of nitro benzene ring substituents is 1. The van der Waals surface area contributed by atoms with E-state index >= 15 is 0 Å². The summed E-state index contributed by atoms with van der Waals surface area (Å²) in [5.74, 6) is -0.408. The minimum Gasteiger partial charge on any atom is -0.383 e. The van der Waals surface area contributed by atoms with Crippen molar-refractivity contribution >= 4 is 51.5 Å². The van der Waals surface area contributed by atoms with Gasteiger partial charge >= 0.3 is 0 Å². The van der Waals surface area contributed by atoms with E-state index in [2.05, 4.69) is 20.4 Å². The van der Waals surface area contributed by atoms with Gasteiger partial charge in [-0.1, -0.05) is 36.4 Å². The SMILES string of the molecule is Cc1cccc(NC(=O)c2c(N)n(N=Cc3cccc([N+](=O)[O-])c3)c3nc4ccccc4nc23)c1. The van der Waals surface area contributed by atoms with E-state index < -0.39 is 10.8 Å². The van der Waals surface area contributed by atoms with Gasteiger partial charge in [0.15, 0.2) is 5.65 Å². The van der Waals surface area contributed by atoms with Crippen molar-refractivity contribution in [2.75, 3.05) is 11.1 Å². The van der Waals surface area contributed by atoms with Crippen molar-refractivity contribution in [1.82, 2.24) is 14.6 Å². The van der Waals surface area contributed by atoms with E-state index in [1.54, 1.807) is 30.3 Å². The molecule has 0 aliphatic heterocycles. The molecule has 2 heterocycles. The fourth-order valence-corrected chi connectivity index (χ4v) is 3.75. The first-order valence-electron chi connectivity index (χ1n) is 10.6. The lowest BCUT2D eigenvalue weighted by Gasteiger charge is -2.06. The molecule has 0 bridgehead atoms. The number of nitro groups is 1. The highest BCUT2D eigenvalue weighted by atomic mass is 16.6. The molecule has 0 saturated carbocycles. The summed E-state index contributed by atoms with van der Waals surface area (Å²) in [5.41, 5.74) is 10.4. The second-order valence-corrected chi connectivity index (χ2v) is 7.88. The van der Waals surface area contributed by atoms with Crippen LogP contribution in [0.4, 0.5) is 17.2 Å². The lowest BCUT2D eigenvalue weighted by Crippen LogP contribution is -2.14. The molecule has 5 aromatic rings. The number of hydrogen-bond donors (Lipinski definition) is 2. The maximum atomic E-state index is 13.3. The molecule has 5 rings (SSSR count). The van der Waals surface area contributed by atoms with Crippen molar-refractivity contribution in [1.29, 1.82) is 0 Å². The summed E-state index contributed by atoms with van der Waals surface area (Å²) in [6.45, 7) is 1.93. The van der Waals surface area contributed by atoms with Crippen molar-refractivity contribution < 1.29 is 9.72 Å². The standard InChI is InChI=1S/C25H19N7O3/c1-15-6-4-8-17(12-15)28-25(33)21-22-24(30-20-11-3-2-10-19(20)29-22)31(23(21)26)27-14-16-7-5-9-18(13-16)32(34)35/h2-14H,26H2,1H3,(H,28,33). The topological polar surface area (TPSA) is 141 Å². The number of nitrogens with two attached hydrogens (primary N) is 1. The molecule has 35 heavy (non-hydrogen) atoms. The molecule has 10 heteroatoms. The van der Waals surface area contributed by atoms with Crippen molar-refractivity contribution in [3.63, 3.8) is 0 Å². The Labute approximate surface area is 198 Å². The number of para-hydroxylation sites is 2. The van der Waals surface area contributed by atoms with Gasteiger partial charge in [0.2, 0.25) is 0 Å². The molecule has 0 aliphatic rings. The predicted octanol–water partition coefficient (Wildman–Crippen LogP) is 4.52. The third-order valence-corrected chi connectivity index (χ3v) is 5.38. The Morgan fingerprint density at radius 2 is 1.80 bits per heavy atom. The van der Waals surface area contributed by atoms with Gasteiger partial charge in [-0.2, -0.15) is 9.78 Å². The van der Waals surface area contributed by atoms with Crippen LogP contribution in [0.1, 0.15) is 21.5 Å². The van der Waals surface area contributed by atoms with Crippen LogP contribution < -0.4 is 11.1 Å². The summed E-state index contributed by atoms with van der Waals surface area (Å²) in [6.07, 6.45) is 1.42. The van der Waals surface area contributed by atoms with E-state index in [-0.39, 0.29) is 22.7 Å². The van der Waals surface area contributed by atoms with Crippen LogP contribution in [0.25, 0.3) is 22.2 Å². The van der Waals surface area contributed by atoms with E-state index in [1.807, 2.05) is 37.3 Å². The Bertz CT molecular complexity index is 1660. The number of amides is 1. The zero-order valence-electron chi connectivity index (χ0n) is 18.5. The highest BCUT2D eigenvalue weighted by molar-refractivity contribution is 6.16. The Morgan fingerprint density at radius 1 is 1.06 bits per heavy atom. The zero-order valence-corrected chi connectivity index (χ0v) is 18.5. The van der Waals surface area contributed by atoms with E-state index in [0.717, 1.165) is 5.56 Å². The zero-order chi connectivity index (χ0) is 24.5. The van der Waals surface area contributed by atoms with Crippen LogP contribution in [0, 0.1) is 17.0 Å². The first-order chi connectivity index (χ1) is 16.9. The van der Waals surface area contributed by atoms with Gasteiger partial charge in [-0.3, -0.25) is 14.9 Å². The van der Waals surface area contributed by atoms with Crippen LogP contribution in [0.5, 0.6) is 0 Å². The highest BCUT2D eigenvalue weighted by Gasteiger charge is 2.24. The molecule has 0 radical (unpaired) electrons. The summed E-state index contributed by atoms with van der Waals surface area (Å²) in [4.78, 5) is 33.2. The Hall–Kier alpha value is -5.12. The molecule has 1 amide bonds. The first kappa shape index (κ1) is 21.7. The number of aromatic nitrogens is 3. The number of aryl methyl sites for hydroxylation is 1. The molecular formula is C25H19N7O3. The second kappa shape index (κ2) is 8.67. The van der Waals surface area contributed by atoms with Crippen molar-refractivity contribution in [2.24, 2.45) is 5.10 Å². The van der Waals surface area contributed by atoms with Crippen LogP contribution in [0.2, 0.25) is 0 Å². The van der Waals surface area contributed by atoms with Crippen LogP contribution >= 0.6 is 0 Å². The monoisotopic (exact) mass is 465 g/mol. The first-order valence-corrected chi connectivity index (χ1v) is 10.6. The van der Waals surface area contributed by atoms with Gasteiger partial charge < -0.3 is 11.1 Å². The van der Waals surface area contributed by atoms with Crippen molar-refractivity contribution in [3.05, 3.63) is 99.6 Å². The molecule has 172 valence electrons. The Balaban J connectivity index is 1.65. The van der Waals surface area contributed by atoms with Gasteiger partial charge in [0.25, 0.3) is 11.6 Å². The molecular weight excluding hydrogens is 446 g/mol. The summed E-state index contributed by atoms with van der Waals surface area (Å²) >= 11 is 0. The lowest BCUT2D eigenvalue weighted by atomic mass is 10.2. The highest BCUT2D eigenvalue weighted by Crippen LogP contribution is 2.29. The largest absolute Gasteiger partial charge is 0.383 e. The number of hydrogen-bond acceptors (Lipinski definition) is 7. The Morgan fingerprint density at radius 3 is 2.54 bits per heavy atom. The third kappa shape index (κ3) is 4.15. The summed E-state index contributed by atoms with van der Waals surface area (Å²) in [5, 5.41) is 18.4. The number of non-ortho nitro benzene ring substituents is 1. The molecule has 0 aliphatic carbocycles. The number of carbonyl (C=O) groups excluding carboxylic acids is 1. The fourth-order valence-electron chi connectivity index (χ4n) is 3.75. The van der Waals surface area contributed by atoms with E-state index in [1.165, 1.54) is 23.0 Å². The van der Waals surface area contributed by atoms with Gasteiger partial charge in [0.1, 0.15) is 16.9 Å². The number of rotatable bonds is 5. The predicted molar refractivity (Wildman–Crippen MR) is 135 cm³/mol. The Kier molecular flexibility index (Phi) is 5.38. The number of benzene rings is 3. The van der Waals surface area contributed by atoms with Gasteiger partial charge in [-0.05, 0) is 36.8 Å². The fraction of sp³-hybridized carbons (Fsp3) is 0.0400. The van der Waals surface area contributed by atoms with E-state index in [0.29, 0.717) is 27.8 Å². The molecule has 2 aromatic heterocycles. The van der Waals surface area contributed by atoms with Crippen LogP contribution in [0.15, 0.2) is 77.9 Å². The minimum absolute atomic E-state index is 0.0436. The van der Waals surface area contributed by atoms with Gasteiger partial charge in [-0.15, -0.1) is 0 Å². The number of fused-ring (bicyclic) bond motifs is 2. The molecule has 0 saturated heterocycles. The average molecular weight is 465 g/mol. The number of nitrogen functional groups attached to an aromatic ring is 1. The molecule has 3 aromatic carbocycles. The normalized spacial score (nSPS) is 11.3. The van der Waals surface area contributed by atoms with E-state index in [4.69, 9.17) is 5.73 Å². The number of nitrogens with one attached hydrogen (secondary N) is 1.